The molecular weight excluding hydrogens is 281 g/mol. The molecule has 88 valence electrons. The summed E-state index contributed by atoms with van der Waals surface area (Å²) in [4.78, 5) is 0. The molecule has 2 aromatic rings. The number of hydrogen-bond donors (Lipinski definition) is 1. The topological polar surface area (TPSA) is 12.0 Å². The molecule has 0 saturated heterocycles. The molecule has 0 heterocycles. The molecule has 1 nitrogen and oxygen atoms in total. The summed E-state index contributed by atoms with van der Waals surface area (Å²) in [7, 11) is 0. The van der Waals surface area contributed by atoms with E-state index < -0.39 is 0 Å². The van der Waals surface area contributed by atoms with Gasteiger partial charge in [0.1, 0.15) is 5.82 Å². The SMILES string of the molecule is Cc1cc(F)ccc1CNc1ccccc1Br. The summed E-state index contributed by atoms with van der Waals surface area (Å²) in [5, 5.41) is 3.32. The minimum atomic E-state index is -0.188. The van der Waals surface area contributed by atoms with Crippen LogP contribution in [-0.2, 0) is 6.54 Å². The first-order valence-corrected chi connectivity index (χ1v) is 6.19. The Hall–Kier alpha value is -1.35. The lowest BCUT2D eigenvalue weighted by molar-refractivity contribution is 0.625. The normalized spacial score (nSPS) is 10.3. The number of aryl methyl sites for hydroxylation is 1. The van der Waals surface area contributed by atoms with E-state index in [2.05, 4.69) is 21.2 Å². The van der Waals surface area contributed by atoms with Crippen LogP contribution in [0.3, 0.4) is 0 Å². The van der Waals surface area contributed by atoms with E-state index in [0.717, 1.165) is 21.3 Å². The molecular formula is C14H13BrFN. The van der Waals surface area contributed by atoms with E-state index in [4.69, 9.17) is 0 Å². The van der Waals surface area contributed by atoms with Crippen molar-refractivity contribution < 1.29 is 4.39 Å². The minimum absolute atomic E-state index is 0.188. The molecule has 0 radical (unpaired) electrons. The van der Waals surface area contributed by atoms with E-state index >= 15 is 0 Å². The molecule has 0 unspecified atom stereocenters. The van der Waals surface area contributed by atoms with Crippen molar-refractivity contribution in [1.29, 1.82) is 0 Å². The van der Waals surface area contributed by atoms with Crippen LogP contribution in [0.5, 0.6) is 0 Å². The Morgan fingerprint density at radius 3 is 2.65 bits per heavy atom. The molecule has 3 heteroatoms. The van der Waals surface area contributed by atoms with Crippen LogP contribution in [0.2, 0.25) is 0 Å². The molecule has 0 aliphatic heterocycles. The molecule has 2 aromatic carbocycles. The van der Waals surface area contributed by atoms with Crippen LogP contribution in [0.15, 0.2) is 46.9 Å². The number of anilines is 1. The zero-order valence-electron chi connectivity index (χ0n) is 9.50. The maximum absolute atomic E-state index is 12.9. The van der Waals surface area contributed by atoms with E-state index in [9.17, 15) is 4.39 Å². The average Bonchev–Trinajstić information content (AvgIpc) is 2.30. The van der Waals surface area contributed by atoms with Gasteiger partial charge in [-0.2, -0.15) is 0 Å². The summed E-state index contributed by atoms with van der Waals surface area (Å²) >= 11 is 3.48. The Bertz CT molecular complexity index is 525. The second-order valence-corrected chi connectivity index (χ2v) is 4.76. The first-order chi connectivity index (χ1) is 8.16. The van der Waals surface area contributed by atoms with Crippen molar-refractivity contribution in [3.63, 3.8) is 0 Å². The summed E-state index contributed by atoms with van der Waals surface area (Å²) < 4.78 is 14.0. The van der Waals surface area contributed by atoms with Gasteiger partial charge in [-0.15, -0.1) is 0 Å². The number of hydrogen-bond acceptors (Lipinski definition) is 1. The van der Waals surface area contributed by atoms with E-state index in [1.807, 2.05) is 37.3 Å². The molecule has 1 N–H and O–H groups in total. The minimum Gasteiger partial charge on any atom is -0.380 e. The molecule has 0 aromatic heterocycles. The van der Waals surface area contributed by atoms with Crippen LogP contribution in [0.4, 0.5) is 10.1 Å². The number of rotatable bonds is 3. The van der Waals surface area contributed by atoms with Gasteiger partial charge in [0.05, 0.1) is 0 Å². The van der Waals surface area contributed by atoms with Crippen LogP contribution >= 0.6 is 15.9 Å². The lowest BCUT2D eigenvalue weighted by Gasteiger charge is -2.10. The number of para-hydroxylation sites is 1. The molecule has 2 rings (SSSR count). The Labute approximate surface area is 109 Å². The number of benzene rings is 2. The highest BCUT2D eigenvalue weighted by Crippen LogP contribution is 2.22. The third-order valence-corrected chi connectivity index (χ3v) is 3.34. The highest BCUT2D eigenvalue weighted by Gasteiger charge is 2.01. The quantitative estimate of drug-likeness (QED) is 0.878. The summed E-state index contributed by atoms with van der Waals surface area (Å²) in [5.41, 5.74) is 3.10. The fraction of sp³-hybridized carbons (Fsp3) is 0.143. The largest absolute Gasteiger partial charge is 0.380 e. The monoisotopic (exact) mass is 293 g/mol. The van der Waals surface area contributed by atoms with Crippen LogP contribution in [-0.4, -0.2) is 0 Å². The number of halogens is 2. The van der Waals surface area contributed by atoms with Crippen molar-refractivity contribution in [2.75, 3.05) is 5.32 Å². The van der Waals surface area contributed by atoms with Gasteiger partial charge in [0.25, 0.3) is 0 Å². The maximum atomic E-state index is 12.9. The van der Waals surface area contributed by atoms with Crippen molar-refractivity contribution in [2.24, 2.45) is 0 Å². The fourth-order valence-electron chi connectivity index (χ4n) is 1.65. The second-order valence-electron chi connectivity index (χ2n) is 3.90. The summed E-state index contributed by atoms with van der Waals surface area (Å²) in [6, 6.07) is 12.8. The predicted molar refractivity (Wildman–Crippen MR) is 72.6 cm³/mol. The highest BCUT2D eigenvalue weighted by molar-refractivity contribution is 9.10. The van der Waals surface area contributed by atoms with Gasteiger partial charge in [-0.1, -0.05) is 18.2 Å². The molecule has 0 aliphatic carbocycles. The highest BCUT2D eigenvalue weighted by atomic mass is 79.9. The fourth-order valence-corrected chi connectivity index (χ4v) is 2.08. The van der Waals surface area contributed by atoms with Gasteiger partial charge < -0.3 is 5.32 Å². The zero-order chi connectivity index (χ0) is 12.3. The van der Waals surface area contributed by atoms with E-state index in [1.165, 1.54) is 6.07 Å². The Kier molecular flexibility index (Phi) is 3.79. The smallest absolute Gasteiger partial charge is 0.123 e. The van der Waals surface area contributed by atoms with E-state index in [1.54, 1.807) is 6.07 Å². The standard InChI is InChI=1S/C14H13BrFN/c1-10-8-12(16)7-6-11(10)9-17-14-5-3-2-4-13(14)15/h2-8,17H,9H2,1H3. The third kappa shape index (κ3) is 3.07. The summed E-state index contributed by atoms with van der Waals surface area (Å²) in [5.74, 6) is -0.188. The molecule has 0 atom stereocenters. The lowest BCUT2D eigenvalue weighted by atomic mass is 10.1. The van der Waals surface area contributed by atoms with Gasteiger partial charge in [0.2, 0.25) is 0 Å². The molecule has 0 amide bonds. The lowest BCUT2D eigenvalue weighted by Crippen LogP contribution is -2.02. The predicted octanol–water partition coefficient (Wildman–Crippen LogP) is 4.51. The maximum Gasteiger partial charge on any atom is 0.123 e. The summed E-state index contributed by atoms with van der Waals surface area (Å²) in [6.45, 7) is 2.61. The van der Waals surface area contributed by atoms with Gasteiger partial charge in [-0.3, -0.25) is 0 Å². The van der Waals surface area contributed by atoms with Crippen LogP contribution in [0.1, 0.15) is 11.1 Å². The third-order valence-electron chi connectivity index (χ3n) is 2.65. The average molecular weight is 294 g/mol. The molecule has 0 aliphatic rings. The van der Waals surface area contributed by atoms with Crippen LogP contribution < -0.4 is 5.32 Å². The second kappa shape index (κ2) is 5.32. The van der Waals surface area contributed by atoms with Gasteiger partial charge in [0.15, 0.2) is 0 Å². The van der Waals surface area contributed by atoms with Crippen molar-refractivity contribution >= 4 is 21.6 Å². The van der Waals surface area contributed by atoms with Gasteiger partial charge in [-0.05, 0) is 58.2 Å². The summed E-state index contributed by atoms with van der Waals surface area (Å²) in [6.07, 6.45) is 0. The Morgan fingerprint density at radius 2 is 1.94 bits per heavy atom. The van der Waals surface area contributed by atoms with Crippen LogP contribution in [0, 0.1) is 12.7 Å². The van der Waals surface area contributed by atoms with Gasteiger partial charge >= 0.3 is 0 Å². The Morgan fingerprint density at radius 1 is 1.18 bits per heavy atom. The van der Waals surface area contributed by atoms with E-state index in [0.29, 0.717) is 6.54 Å². The molecule has 17 heavy (non-hydrogen) atoms. The Balaban J connectivity index is 2.10. The molecule has 0 bridgehead atoms. The number of nitrogens with one attached hydrogen (secondary N) is 1. The van der Waals surface area contributed by atoms with Gasteiger partial charge in [-0.25, -0.2) is 4.39 Å². The first kappa shape index (κ1) is 12.1. The van der Waals surface area contributed by atoms with Crippen molar-refractivity contribution in [3.8, 4) is 0 Å². The van der Waals surface area contributed by atoms with Crippen LogP contribution in [0.25, 0.3) is 0 Å². The van der Waals surface area contributed by atoms with Crippen molar-refractivity contribution in [2.45, 2.75) is 13.5 Å². The van der Waals surface area contributed by atoms with E-state index in [-0.39, 0.29) is 5.82 Å². The van der Waals surface area contributed by atoms with Crippen molar-refractivity contribution in [1.82, 2.24) is 0 Å². The molecule has 0 spiro atoms. The first-order valence-electron chi connectivity index (χ1n) is 5.40. The van der Waals surface area contributed by atoms with Crippen molar-refractivity contribution in [3.05, 3.63) is 63.9 Å². The zero-order valence-corrected chi connectivity index (χ0v) is 11.1. The molecule has 0 saturated carbocycles. The van der Waals surface area contributed by atoms with Gasteiger partial charge in [0, 0.05) is 16.7 Å². The molecule has 0 fully saturated rings.